The Kier molecular flexibility index (Phi) is 6.81. The van der Waals surface area contributed by atoms with Crippen molar-refractivity contribution < 1.29 is 19.0 Å². The molecule has 2 aromatic rings. The minimum absolute atomic E-state index is 0.0708. The smallest absolute Gasteiger partial charge is 0.266 e. The van der Waals surface area contributed by atoms with Crippen LogP contribution in [0.25, 0.3) is 6.08 Å². The summed E-state index contributed by atoms with van der Waals surface area (Å²) in [5, 5.41) is 20.6. The first-order valence-electron chi connectivity index (χ1n) is 7.86. The summed E-state index contributed by atoms with van der Waals surface area (Å²) in [5.74, 6) is 0.922. The van der Waals surface area contributed by atoms with Crippen molar-refractivity contribution >= 4 is 17.7 Å². The van der Waals surface area contributed by atoms with Crippen LogP contribution in [0.2, 0.25) is 0 Å². The highest BCUT2D eigenvalue weighted by molar-refractivity contribution is 6.09. The third kappa shape index (κ3) is 5.25. The molecule has 0 spiro atoms. The monoisotopic (exact) mass is 363 g/mol. The van der Waals surface area contributed by atoms with Crippen LogP contribution >= 0.6 is 0 Å². The molecule has 0 fully saturated rings. The molecule has 7 nitrogen and oxygen atoms in total. The molecule has 0 unspecified atom stereocenters. The van der Waals surface area contributed by atoms with Gasteiger partial charge in [-0.3, -0.25) is 4.79 Å². The van der Waals surface area contributed by atoms with Crippen LogP contribution in [0.3, 0.4) is 0 Å². The van der Waals surface area contributed by atoms with Gasteiger partial charge in [-0.05, 0) is 48.0 Å². The van der Waals surface area contributed by atoms with Crippen molar-refractivity contribution in [2.24, 2.45) is 0 Å². The average molecular weight is 363 g/mol. The van der Waals surface area contributed by atoms with Crippen molar-refractivity contribution in [3.05, 3.63) is 53.6 Å². The zero-order chi connectivity index (χ0) is 19.6. The van der Waals surface area contributed by atoms with E-state index in [0.29, 0.717) is 28.5 Å². The van der Waals surface area contributed by atoms with Gasteiger partial charge in [-0.2, -0.15) is 10.5 Å². The maximum Gasteiger partial charge on any atom is 0.266 e. The summed E-state index contributed by atoms with van der Waals surface area (Å²) in [6.07, 6.45) is 1.44. The summed E-state index contributed by atoms with van der Waals surface area (Å²) in [6, 6.07) is 15.4. The van der Waals surface area contributed by atoms with Gasteiger partial charge in [0, 0.05) is 5.69 Å². The van der Waals surface area contributed by atoms with Gasteiger partial charge in [0.05, 0.1) is 14.2 Å². The van der Waals surface area contributed by atoms with Crippen LogP contribution in [0, 0.1) is 22.7 Å². The molecular formula is C20H17N3O4. The molecular weight excluding hydrogens is 346 g/mol. The lowest BCUT2D eigenvalue weighted by atomic mass is 10.1. The molecule has 0 aliphatic carbocycles. The Bertz CT molecular complexity index is 922. The van der Waals surface area contributed by atoms with E-state index < -0.39 is 5.91 Å². The molecule has 2 rings (SSSR count). The first-order valence-corrected chi connectivity index (χ1v) is 7.86. The van der Waals surface area contributed by atoms with Crippen molar-refractivity contribution in [1.29, 1.82) is 10.5 Å². The standard InChI is InChI=1S/C20H17N3O4/c1-25-17-6-4-16(5-7-17)23-20(24)15(13-22)11-14-3-8-18(27-10-9-21)19(12-14)26-2/h3-8,11-12H,10H2,1-2H3,(H,23,24)/b15-11+. The summed E-state index contributed by atoms with van der Waals surface area (Å²) in [7, 11) is 3.01. The van der Waals surface area contributed by atoms with Crippen LogP contribution in [-0.4, -0.2) is 26.7 Å². The molecule has 27 heavy (non-hydrogen) atoms. The fourth-order valence-corrected chi connectivity index (χ4v) is 2.19. The van der Waals surface area contributed by atoms with Crippen molar-refractivity contribution in [3.8, 4) is 29.4 Å². The quantitative estimate of drug-likeness (QED) is 0.598. The molecule has 0 atom stereocenters. The number of nitrogens with zero attached hydrogens (tertiary/aromatic N) is 2. The highest BCUT2D eigenvalue weighted by atomic mass is 16.5. The molecule has 0 aliphatic rings. The van der Waals surface area contributed by atoms with Gasteiger partial charge in [0.15, 0.2) is 18.1 Å². The number of nitrogens with one attached hydrogen (secondary N) is 1. The Morgan fingerprint density at radius 3 is 2.41 bits per heavy atom. The maximum atomic E-state index is 12.3. The minimum Gasteiger partial charge on any atom is -0.497 e. The molecule has 136 valence electrons. The molecule has 0 saturated carbocycles. The fourth-order valence-electron chi connectivity index (χ4n) is 2.19. The van der Waals surface area contributed by atoms with E-state index in [4.69, 9.17) is 19.5 Å². The highest BCUT2D eigenvalue weighted by Gasteiger charge is 2.11. The van der Waals surface area contributed by atoms with E-state index in [2.05, 4.69) is 5.32 Å². The number of rotatable bonds is 7. The zero-order valence-electron chi connectivity index (χ0n) is 14.9. The van der Waals surface area contributed by atoms with Crippen LogP contribution in [0.5, 0.6) is 17.2 Å². The molecule has 1 amide bonds. The van der Waals surface area contributed by atoms with E-state index >= 15 is 0 Å². The SMILES string of the molecule is COc1ccc(NC(=O)/C(C#N)=C/c2ccc(OCC#N)c(OC)c2)cc1. The molecule has 2 aromatic carbocycles. The van der Waals surface area contributed by atoms with Crippen molar-refractivity contribution in [2.75, 3.05) is 26.1 Å². The molecule has 7 heteroatoms. The third-order valence-corrected chi connectivity index (χ3v) is 3.50. The van der Waals surface area contributed by atoms with Gasteiger partial charge in [0.2, 0.25) is 0 Å². The summed E-state index contributed by atoms with van der Waals surface area (Å²) < 4.78 is 15.5. The topological polar surface area (TPSA) is 104 Å². The average Bonchev–Trinajstić information content (AvgIpc) is 2.71. The lowest BCUT2D eigenvalue weighted by Crippen LogP contribution is -2.13. The predicted octanol–water partition coefficient (Wildman–Crippen LogP) is 3.15. The predicted molar refractivity (Wildman–Crippen MR) is 99.3 cm³/mol. The van der Waals surface area contributed by atoms with Crippen molar-refractivity contribution in [3.63, 3.8) is 0 Å². The van der Waals surface area contributed by atoms with E-state index in [1.807, 2.05) is 12.1 Å². The number of amides is 1. The van der Waals surface area contributed by atoms with Gasteiger partial charge in [-0.25, -0.2) is 0 Å². The van der Waals surface area contributed by atoms with Crippen molar-refractivity contribution in [2.45, 2.75) is 0 Å². The second-order valence-corrected chi connectivity index (χ2v) is 5.21. The van der Waals surface area contributed by atoms with E-state index in [0.717, 1.165) is 0 Å². The molecule has 1 N–H and O–H groups in total. The zero-order valence-corrected chi connectivity index (χ0v) is 14.9. The summed E-state index contributed by atoms with van der Waals surface area (Å²) >= 11 is 0. The van der Waals surface area contributed by atoms with E-state index in [1.54, 1.807) is 49.6 Å². The molecule has 0 radical (unpaired) electrons. The Morgan fingerprint density at radius 2 is 1.81 bits per heavy atom. The van der Waals surface area contributed by atoms with Gasteiger partial charge < -0.3 is 19.5 Å². The first kappa shape index (κ1) is 19.4. The molecule has 0 heterocycles. The molecule has 0 saturated heterocycles. The first-order chi connectivity index (χ1) is 13.1. The summed E-state index contributed by atoms with van der Waals surface area (Å²) in [4.78, 5) is 12.3. The summed E-state index contributed by atoms with van der Waals surface area (Å²) in [6.45, 7) is -0.112. The van der Waals surface area contributed by atoms with E-state index in [-0.39, 0.29) is 12.2 Å². The Balaban J connectivity index is 2.20. The Labute approximate surface area is 157 Å². The molecule has 0 aromatic heterocycles. The number of hydrogen-bond acceptors (Lipinski definition) is 6. The maximum absolute atomic E-state index is 12.3. The van der Waals surface area contributed by atoms with Crippen LogP contribution in [0.15, 0.2) is 48.0 Å². The van der Waals surface area contributed by atoms with Gasteiger partial charge in [-0.1, -0.05) is 6.07 Å². The van der Waals surface area contributed by atoms with Gasteiger partial charge in [0.1, 0.15) is 23.5 Å². The number of benzene rings is 2. The lowest BCUT2D eigenvalue weighted by Gasteiger charge is -2.09. The van der Waals surface area contributed by atoms with E-state index in [9.17, 15) is 10.1 Å². The number of methoxy groups -OCH3 is 2. The summed E-state index contributed by atoms with van der Waals surface area (Å²) in [5.41, 5.74) is 1.05. The fraction of sp³-hybridized carbons (Fsp3) is 0.150. The van der Waals surface area contributed by atoms with Crippen LogP contribution in [0.4, 0.5) is 5.69 Å². The number of ether oxygens (including phenoxy) is 3. The Hall–Kier alpha value is -3.97. The Morgan fingerprint density at radius 1 is 1.07 bits per heavy atom. The number of carbonyl (C=O) groups excluding carboxylic acids is 1. The number of hydrogen-bond donors (Lipinski definition) is 1. The van der Waals surface area contributed by atoms with Crippen molar-refractivity contribution in [1.82, 2.24) is 0 Å². The minimum atomic E-state index is -0.536. The van der Waals surface area contributed by atoms with Crippen LogP contribution in [-0.2, 0) is 4.79 Å². The highest BCUT2D eigenvalue weighted by Crippen LogP contribution is 2.29. The second kappa shape index (κ2) is 9.50. The number of anilines is 1. The van der Waals surface area contributed by atoms with Gasteiger partial charge in [-0.15, -0.1) is 0 Å². The van der Waals surface area contributed by atoms with Gasteiger partial charge >= 0.3 is 0 Å². The second-order valence-electron chi connectivity index (χ2n) is 5.21. The number of nitriles is 2. The normalized spacial score (nSPS) is 10.3. The molecule has 0 bridgehead atoms. The van der Waals surface area contributed by atoms with Crippen LogP contribution in [0.1, 0.15) is 5.56 Å². The van der Waals surface area contributed by atoms with Crippen LogP contribution < -0.4 is 19.5 Å². The third-order valence-electron chi connectivity index (χ3n) is 3.50. The van der Waals surface area contributed by atoms with E-state index in [1.165, 1.54) is 13.2 Å². The number of carbonyl (C=O) groups is 1. The lowest BCUT2D eigenvalue weighted by molar-refractivity contribution is -0.112. The van der Waals surface area contributed by atoms with Gasteiger partial charge in [0.25, 0.3) is 5.91 Å². The largest absolute Gasteiger partial charge is 0.497 e. The molecule has 0 aliphatic heterocycles.